The molecule has 1 aliphatic carbocycles. The van der Waals surface area contributed by atoms with Crippen LogP contribution in [0, 0.1) is 0 Å². The van der Waals surface area contributed by atoms with Crippen LogP contribution in [0.15, 0.2) is 170 Å². The van der Waals surface area contributed by atoms with Crippen LogP contribution >= 0.6 is 0 Å². The highest BCUT2D eigenvalue weighted by Crippen LogP contribution is 2.56. The molecule has 1 aliphatic rings. The summed E-state index contributed by atoms with van der Waals surface area (Å²) in [6.45, 7) is 4.84. The van der Waals surface area contributed by atoms with Crippen LogP contribution in [0.25, 0.3) is 87.6 Å². The fourth-order valence-electron chi connectivity index (χ4n) is 8.85. The number of hydrogen-bond donors (Lipinski definition) is 0. The topological polar surface area (TPSA) is 0 Å². The van der Waals surface area contributed by atoms with Crippen molar-refractivity contribution in [3.63, 3.8) is 0 Å². The van der Waals surface area contributed by atoms with Gasteiger partial charge in [-0.3, -0.25) is 0 Å². The molecule has 0 atom stereocenters. The molecule has 0 saturated carbocycles. The first kappa shape index (κ1) is 28.1. The Kier molecular flexibility index (Phi) is 6.02. The van der Waals surface area contributed by atoms with Crippen LogP contribution in [0.5, 0.6) is 0 Å². The molecule has 9 aromatic rings. The summed E-state index contributed by atoms with van der Waals surface area (Å²) >= 11 is 0. The number of hydrogen-bond acceptors (Lipinski definition) is 0. The molecule has 0 saturated heterocycles. The summed E-state index contributed by atoms with van der Waals surface area (Å²) in [6, 6.07) is 62.9. The smallest absolute Gasteiger partial charge is 0.0165 e. The van der Waals surface area contributed by atoms with Crippen molar-refractivity contribution in [2.24, 2.45) is 0 Å². The third-order valence-corrected chi connectivity index (χ3v) is 11.0. The molecule has 0 unspecified atom stereocenters. The maximum Gasteiger partial charge on any atom is 0.0165 e. The first-order chi connectivity index (χ1) is 24.1. The van der Waals surface area contributed by atoms with Crippen LogP contribution in [0.3, 0.4) is 0 Å². The van der Waals surface area contributed by atoms with Crippen LogP contribution in [-0.4, -0.2) is 0 Å². The lowest BCUT2D eigenvalue weighted by atomic mass is 9.78. The van der Waals surface area contributed by atoms with Crippen LogP contribution in [0.1, 0.15) is 25.0 Å². The predicted molar refractivity (Wildman–Crippen MR) is 210 cm³/mol. The van der Waals surface area contributed by atoms with Gasteiger partial charge in [-0.2, -0.15) is 0 Å². The van der Waals surface area contributed by atoms with Crippen molar-refractivity contribution >= 4 is 43.1 Å². The molecule has 0 aromatic heterocycles. The van der Waals surface area contributed by atoms with Gasteiger partial charge in [0.05, 0.1) is 0 Å². The fraction of sp³-hybridized carbons (Fsp3) is 0.0612. The van der Waals surface area contributed by atoms with Crippen molar-refractivity contribution in [2.45, 2.75) is 19.3 Å². The van der Waals surface area contributed by atoms with E-state index in [-0.39, 0.29) is 5.41 Å². The summed E-state index contributed by atoms with van der Waals surface area (Å²) in [4.78, 5) is 0. The van der Waals surface area contributed by atoms with E-state index in [1.807, 2.05) is 0 Å². The molecule has 0 fully saturated rings. The van der Waals surface area contributed by atoms with Crippen molar-refractivity contribution in [1.82, 2.24) is 0 Å². The molecule has 0 amide bonds. The molecule has 230 valence electrons. The van der Waals surface area contributed by atoms with E-state index in [4.69, 9.17) is 0 Å². The molecular weight excluding hydrogens is 589 g/mol. The zero-order valence-electron chi connectivity index (χ0n) is 27.7. The van der Waals surface area contributed by atoms with Gasteiger partial charge in [0.2, 0.25) is 0 Å². The number of benzene rings is 9. The van der Waals surface area contributed by atoms with Crippen LogP contribution < -0.4 is 0 Å². The van der Waals surface area contributed by atoms with Crippen molar-refractivity contribution in [3.05, 3.63) is 181 Å². The first-order valence-corrected chi connectivity index (χ1v) is 17.3. The monoisotopic (exact) mass is 622 g/mol. The maximum absolute atomic E-state index is 2.50. The van der Waals surface area contributed by atoms with E-state index in [1.54, 1.807) is 0 Å². The zero-order valence-corrected chi connectivity index (χ0v) is 27.7. The summed E-state index contributed by atoms with van der Waals surface area (Å²) in [5, 5.41) is 10.5. The van der Waals surface area contributed by atoms with Crippen LogP contribution in [-0.2, 0) is 5.41 Å². The Hall–Kier alpha value is -5.98. The van der Waals surface area contributed by atoms with Gasteiger partial charge >= 0.3 is 0 Å². The summed E-state index contributed by atoms with van der Waals surface area (Å²) < 4.78 is 0. The predicted octanol–water partition coefficient (Wildman–Crippen LogP) is 13.6. The van der Waals surface area contributed by atoms with Gasteiger partial charge in [-0.15, -0.1) is 0 Å². The van der Waals surface area contributed by atoms with Crippen molar-refractivity contribution in [1.29, 1.82) is 0 Å². The molecule has 0 aliphatic heterocycles. The van der Waals surface area contributed by atoms with Gasteiger partial charge in [0.1, 0.15) is 0 Å². The van der Waals surface area contributed by atoms with Crippen LogP contribution in [0.4, 0.5) is 0 Å². The average Bonchev–Trinajstić information content (AvgIpc) is 3.40. The minimum absolute atomic E-state index is 0.156. The highest BCUT2D eigenvalue weighted by molar-refractivity contribution is 6.22. The van der Waals surface area contributed by atoms with E-state index in [2.05, 4.69) is 184 Å². The molecule has 10 rings (SSSR count). The number of rotatable bonds is 3. The Morgan fingerprint density at radius 1 is 0.306 bits per heavy atom. The van der Waals surface area contributed by atoms with Gasteiger partial charge in [0.15, 0.2) is 0 Å². The van der Waals surface area contributed by atoms with Gasteiger partial charge in [-0.1, -0.05) is 178 Å². The lowest BCUT2D eigenvalue weighted by Crippen LogP contribution is -2.15. The molecule has 9 aromatic carbocycles. The van der Waals surface area contributed by atoms with E-state index in [0.717, 1.165) is 0 Å². The Bertz CT molecular complexity index is 2710. The van der Waals surface area contributed by atoms with E-state index in [9.17, 15) is 0 Å². The first-order valence-electron chi connectivity index (χ1n) is 17.3. The quantitative estimate of drug-likeness (QED) is 0.136. The molecule has 49 heavy (non-hydrogen) atoms. The van der Waals surface area contributed by atoms with Crippen molar-refractivity contribution in [2.75, 3.05) is 0 Å². The normalized spacial score (nSPS) is 13.3. The Morgan fingerprint density at radius 3 is 1.27 bits per heavy atom. The highest BCUT2D eigenvalue weighted by Gasteiger charge is 2.38. The second-order valence-electron chi connectivity index (χ2n) is 14.0. The van der Waals surface area contributed by atoms with Crippen molar-refractivity contribution < 1.29 is 0 Å². The summed E-state index contributed by atoms with van der Waals surface area (Å²) in [6.07, 6.45) is 0. The lowest BCUT2D eigenvalue weighted by molar-refractivity contribution is 0.667. The SMILES string of the molecule is CC1(C)c2cc(-c3c4ccccc4c(-c4ccc(-c5ccccc5)cc4)c4ccccc34)ccc2-c2c1c1ccccc1c1ccccc21. The van der Waals surface area contributed by atoms with Crippen LogP contribution in [0.2, 0.25) is 0 Å². The third-order valence-electron chi connectivity index (χ3n) is 11.0. The molecular formula is C49H34. The van der Waals surface area contributed by atoms with Gasteiger partial charge < -0.3 is 0 Å². The Balaban J connectivity index is 1.21. The summed E-state index contributed by atoms with van der Waals surface area (Å²) in [5.41, 5.74) is 13.0. The second kappa shape index (κ2) is 10.5. The average molecular weight is 623 g/mol. The van der Waals surface area contributed by atoms with Gasteiger partial charge in [0.25, 0.3) is 0 Å². The summed E-state index contributed by atoms with van der Waals surface area (Å²) in [5.74, 6) is 0. The highest BCUT2D eigenvalue weighted by atomic mass is 14.4. The van der Waals surface area contributed by atoms with Gasteiger partial charge in [-0.25, -0.2) is 0 Å². The molecule has 0 N–H and O–H groups in total. The molecule has 0 radical (unpaired) electrons. The molecule has 0 heteroatoms. The second-order valence-corrected chi connectivity index (χ2v) is 14.0. The summed E-state index contributed by atoms with van der Waals surface area (Å²) in [7, 11) is 0. The van der Waals surface area contributed by atoms with Gasteiger partial charge in [-0.05, 0) is 105 Å². The minimum atomic E-state index is -0.156. The van der Waals surface area contributed by atoms with E-state index >= 15 is 0 Å². The molecule has 0 spiro atoms. The number of fused-ring (bicyclic) bond motifs is 10. The largest absolute Gasteiger partial charge is 0.0622 e. The van der Waals surface area contributed by atoms with E-state index in [1.165, 1.54) is 98.7 Å². The lowest BCUT2D eigenvalue weighted by Gasteiger charge is -2.25. The van der Waals surface area contributed by atoms with Crippen molar-refractivity contribution in [3.8, 4) is 44.5 Å². The third kappa shape index (κ3) is 4.04. The maximum atomic E-state index is 2.50. The standard InChI is InChI=1S/C49H34/c1-49(2)44-30-34(28-29-43(44)47-37-18-8-6-16-35(37)36-17-7-13-23-42(36)48(47)49)46-40-21-11-9-19-38(40)45(39-20-10-12-22-41(39)46)33-26-24-32(25-27-33)31-14-4-3-5-15-31/h3-30H,1-2H3. The zero-order chi connectivity index (χ0) is 32.7. The molecule has 0 heterocycles. The molecule has 0 bridgehead atoms. The Labute approximate surface area is 286 Å². The molecule has 0 nitrogen and oxygen atoms in total. The van der Waals surface area contributed by atoms with E-state index in [0.29, 0.717) is 0 Å². The fourth-order valence-corrected chi connectivity index (χ4v) is 8.85. The minimum Gasteiger partial charge on any atom is -0.0622 e. The van der Waals surface area contributed by atoms with Gasteiger partial charge in [0, 0.05) is 5.41 Å². The van der Waals surface area contributed by atoms with E-state index < -0.39 is 0 Å². The Morgan fingerprint density at radius 2 is 0.694 bits per heavy atom.